The Balaban J connectivity index is 1.97. The fourth-order valence-electron chi connectivity index (χ4n) is 2.57. The second kappa shape index (κ2) is 4.72. The summed E-state index contributed by atoms with van der Waals surface area (Å²) in [5, 5.41) is 0. The van der Waals surface area contributed by atoms with Crippen molar-refractivity contribution in [2.24, 2.45) is 5.73 Å². The van der Waals surface area contributed by atoms with Crippen LogP contribution in [-0.4, -0.2) is 5.91 Å². The number of nitrogens with two attached hydrogens (primary N) is 1. The lowest BCUT2D eigenvalue weighted by Gasteiger charge is -2.17. The Morgan fingerprint density at radius 3 is 2.80 bits per heavy atom. The number of rotatable bonds is 2. The van der Waals surface area contributed by atoms with Crippen LogP contribution in [0.3, 0.4) is 0 Å². The van der Waals surface area contributed by atoms with Gasteiger partial charge in [0.15, 0.2) is 0 Å². The van der Waals surface area contributed by atoms with Crippen molar-refractivity contribution in [3.63, 3.8) is 0 Å². The first-order chi connectivity index (χ1) is 9.56. The smallest absolute Gasteiger partial charge is 0.248 e. The maximum absolute atomic E-state index is 13.2. The predicted octanol–water partition coefficient (Wildman–Crippen LogP) is 2.68. The van der Waals surface area contributed by atoms with Crippen molar-refractivity contribution in [2.45, 2.75) is 19.5 Å². The molecule has 0 fully saturated rings. The average molecular weight is 270 g/mol. The van der Waals surface area contributed by atoms with E-state index in [4.69, 9.17) is 5.73 Å². The number of hydrogen-bond acceptors (Lipinski definition) is 2. The monoisotopic (exact) mass is 270 g/mol. The normalized spacial score (nSPS) is 17.4. The number of carbonyl (C=O) groups is 1. The lowest BCUT2D eigenvalue weighted by molar-refractivity contribution is -0.119. The molecule has 102 valence electrons. The largest absolute Gasteiger partial charge is 0.316 e. The number of fused-ring (bicyclic) bond motifs is 1. The SMILES string of the molecule is Cc1ccc2c(c1)C(N)C(=O)N2Cc1cccc(F)c1. The molecule has 0 radical (unpaired) electrons. The minimum atomic E-state index is -0.626. The number of aryl methyl sites for hydroxylation is 1. The summed E-state index contributed by atoms with van der Waals surface area (Å²) in [6, 6.07) is 11.4. The van der Waals surface area contributed by atoms with E-state index in [1.54, 1.807) is 17.0 Å². The number of hydrogen-bond donors (Lipinski definition) is 1. The first-order valence-electron chi connectivity index (χ1n) is 6.48. The zero-order chi connectivity index (χ0) is 14.3. The number of benzene rings is 2. The molecule has 0 aliphatic carbocycles. The molecule has 0 saturated carbocycles. The van der Waals surface area contributed by atoms with Crippen molar-refractivity contribution in [3.05, 3.63) is 65.0 Å². The number of anilines is 1. The van der Waals surface area contributed by atoms with Gasteiger partial charge in [-0.15, -0.1) is 0 Å². The second-order valence-electron chi connectivity index (χ2n) is 5.09. The number of nitrogens with zero attached hydrogens (tertiary/aromatic N) is 1. The highest BCUT2D eigenvalue weighted by Gasteiger charge is 2.34. The molecule has 2 aromatic rings. The first kappa shape index (κ1) is 12.8. The highest BCUT2D eigenvalue weighted by Crippen LogP contribution is 2.36. The van der Waals surface area contributed by atoms with Gasteiger partial charge in [-0.25, -0.2) is 4.39 Å². The third kappa shape index (κ3) is 2.08. The van der Waals surface area contributed by atoms with Gasteiger partial charge in [-0.2, -0.15) is 0 Å². The van der Waals surface area contributed by atoms with Gasteiger partial charge in [-0.05, 0) is 30.7 Å². The van der Waals surface area contributed by atoms with Crippen LogP contribution in [0.1, 0.15) is 22.7 Å². The molecule has 0 saturated heterocycles. The summed E-state index contributed by atoms with van der Waals surface area (Å²) in [7, 11) is 0. The molecular formula is C16H15FN2O. The summed E-state index contributed by atoms with van der Waals surface area (Å²) < 4.78 is 13.2. The van der Waals surface area contributed by atoms with Gasteiger partial charge in [0.05, 0.1) is 6.54 Å². The molecule has 2 N–H and O–H groups in total. The van der Waals surface area contributed by atoms with Crippen LogP contribution in [-0.2, 0) is 11.3 Å². The Hall–Kier alpha value is -2.20. The minimum Gasteiger partial charge on any atom is -0.316 e. The quantitative estimate of drug-likeness (QED) is 0.912. The molecule has 4 heteroatoms. The summed E-state index contributed by atoms with van der Waals surface area (Å²) in [4.78, 5) is 13.9. The van der Waals surface area contributed by atoms with Crippen LogP contribution < -0.4 is 10.6 Å². The molecule has 1 atom stereocenters. The zero-order valence-electron chi connectivity index (χ0n) is 11.1. The molecule has 0 bridgehead atoms. The van der Waals surface area contributed by atoms with Crippen molar-refractivity contribution >= 4 is 11.6 Å². The van der Waals surface area contributed by atoms with Gasteiger partial charge in [0.1, 0.15) is 11.9 Å². The standard InChI is InChI=1S/C16H15FN2O/c1-10-5-6-14-13(7-10)15(18)16(20)19(14)9-11-3-2-4-12(17)8-11/h2-8,15H,9,18H2,1H3. The van der Waals surface area contributed by atoms with Crippen molar-refractivity contribution in [3.8, 4) is 0 Å². The van der Waals surface area contributed by atoms with Gasteiger partial charge in [0, 0.05) is 11.3 Å². The third-order valence-electron chi connectivity index (χ3n) is 3.57. The first-order valence-corrected chi connectivity index (χ1v) is 6.48. The average Bonchev–Trinajstić information content (AvgIpc) is 2.64. The van der Waals surface area contributed by atoms with Crippen LogP contribution in [0.15, 0.2) is 42.5 Å². The zero-order valence-corrected chi connectivity index (χ0v) is 11.1. The van der Waals surface area contributed by atoms with Gasteiger partial charge >= 0.3 is 0 Å². The van der Waals surface area contributed by atoms with E-state index in [1.807, 2.05) is 25.1 Å². The number of amides is 1. The van der Waals surface area contributed by atoms with Crippen molar-refractivity contribution in [2.75, 3.05) is 4.90 Å². The Bertz CT molecular complexity index is 684. The maximum atomic E-state index is 13.2. The van der Waals surface area contributed by atoms with Gasteiger partial charge in [-0.3, -0.25) is 4.79 Å². The molecule has 3 nitrogen and oxygen atoms in total. The summed E-state index contributed by atoms with van der Waals surface area (Å²) in [5.41, 5.74) is 9.44. The fraction of sp³-hybridized carbons (Fsp3) is 0.188. The van der Waals surface area contributed by atoms with E-state index in [0.29, 0.717) is 6.54 Å². The van der Waals surface area contributed by atoms with Crippen molar-refractivity contribution in [1.82, 2.24) is 0 Å². The Morgan fingerprint density at radius 2 is 2.05 bits per heavy atom. The van der Waals surface area contributed by atoms with Gasteiger partial charge in [0.2, 0.25) is 5.91 Å². The van der Waals surface area contributed by atoms with E-state index < -0.39 is 6.04 Å². The molecule has 2 aromatic carbocycles. The van der Waals surface area contributed by atoms with E-state index in [-0.39, 0.29) is 11.7 Å². The van der Waals surface area contributed by atoms with E-state index in [0.717, 1.165) is 22.4 Å². The van der Waals surface area contributed by atoms with E-state index in [1.165, 1.54) is 12.1 Å². The minimum absolute atomic E-state index is 0.144. The molecule has 0 spiro atoms. The number of carbonyl (C=O) groups excluding carboxylic acids is 1. The van der Waals surface area contributed by atoms with Crippen LogP contribution in [0.2, 0.25) is 0 Å². The molecule has 1 unspecified atom stereocenters. The van der Waals surface area contributed by atoms with Gasteiger partial charge < -0.3 is 10.6 Å². The summed E-state index contributed by atoms with van der Waals surface area (Å²) in [6.45, 7) is 2.30. The van der Waals surface area contributed by atoms with Crippen LogP contribution in [0, 0.1) is 12.7 Å². The Kier molecular flexibility index (Phi) is 3.03. The van der Waals surface area contributed by atoms with Crippen LogP contribution in [0.25, 0.3) is 0 Å². The Morgan fingerprint density at radius 1 is 1.25 bits per heavy atom. The van der Waals surface area contributed by atoms with Gasteiger partial charge in [0.25, 0.3) is 0 Å². The van der Waals surface area contributed by atoms with Crippen LogP contribution in [0.5, 0.6) is 0 Å². The molecule has 0 aromatic heterocycles. The molecule has 1 aliphatic heterocycles. The molecule has 1 heterocycles. The summed E-state index contributed by atoms with van der Waals surface area (Å²) in [5.74, 6) is -0.447. The third-order valence-corrected chi connectivity index (χ3v) is 3.57. The molecule has 20 heavy (non-hydrogen) atoms. The topological polar surface area (TPSA) is 46.3 Å². The molecule has 1 amide bonds. The maximum Gasteiger partial charge on any atom is 0.248 e. The van der Waals surface area contributed by atoms with Crippen LogP contribution in [0.4, 0.5) is 10.1 Å². The van der Waals surface area contributed by atoms with Gasteiger partial charge in [-0.1, -0.05) is 29.8 Å². The summed E-state index contributed by atoms with van der Waals surface area (Å²) in [6.07, 6.45) is 0. The van der Waals surface area contributed by atoms with Crippen molar-refractivity contribution < 1.29 is 9.18 Å². The Labute approximate surface area is 116 Å². The highest BCUT2D eigenvalue weighted by molar-refractivity contribution is 6.04. The van der Waals surface area contributed by atoms with E-state index in [9.17, 15) is 9.18 Å². The molecular weight excluding hydrogens is 255 g/mol. The molecule has 1 aliphatic rings. The van der Waals surface area contributed by atoms with E-state index in [2.05, 4.69) is 0 Å². The fourth-order valence-corrected chi connectivity index (χ4v) is 2.57. The predicted molar refractivity (Wildman–Crippen MR) is 75.7 cm³/mol. The van der Waals surface area contributed by atoms with E-state index >= 15 is 0 Å². The van der Waals surface area contributed by atoms with Crippen molar-refractivity contribution in [1.29, 1.82) is 0 Å². The second-order valence-corrected chi connectivity index (χ2v) is 5.09. The highest BCUT2D eigenvalue weighted by atomic mass is 19.1. The number of halogens is 1. The lowest BCUT2D eigenvalue weighted by Crippen LogP contribution is -2.31. The van der Waals surface area contributed by atoms with Crippen LogP contribution >= 0.6 is 0 Å². The lowest BCUT2D eigenvalue weighted by atomic mass is 10.1. The molecule has 3 rings (SSSR count). The summed E-state index contributed by atoms with van der Waals surface area (Å²) >= 11 is 0.